The van der Waals surface area contributed by atoms with Crippen LogP contribution in [0.3, 0.4) is 0 Å². The van der Waals surface area contributed by atoms with E-state index in [4.69, 9.17) is 11.6 Å². The molecule has 0 aliphatic carbocycles. The third-order valence-corrected chi connectivity index (χ3v) is 5.15. The van der Waals surface area contributed by atoms with Gasteiger partial charge in [0.15, 0.2) is 6.29 Å². The van der Waals surface area contributed by atoms with Crippen molar-refractivity contribution in [1.29, 1.82) is 0 Å². The molecule has 1 aromatic carbocycles. The Bertz CT molecular complexity index is 762. The summed E-state index contributed by atoms with van der Waals surface area (Å²) in [5.74, 6) is 0. The minimum atomic E-state index is 0.676. The molecule has 3 rings (SSSR count). The number of carbonyl (C=O) groups excluding carboxylic acids is 1. The maximum Gasteiger partial charge on any atom is 0.152 e. The number of rotatable bonds is 3. The van der Waals surface area contributed by atoms with Gasteiger partial charge in [-0.15, -0.1) is 11.3 Å². The van der Waals surface area contributed by atoms with Gasteiger partial charge in [-0.05, 0) is 39.5 Å². The summed E-state index contributed by atoms with van der Waals surface area (Å²) in [4.78, 5) is 12.4. The van der Waals surface area contributed by atoms with Crippen LogP contribution in [0.2, 0.25) is 5.02 Å². The summed E-state index contributed by atoms with van der Waals surface area (Å²) in [5, 5.41) is 3.65. The smallest absolute Gasteiger partial charge is 0.152 e. The zero-order valence-electron chi connectivity index (χ0n) is 9.77. The third kappa shape index (κ3) is 2.36. The van der Waals surface area contributed by atoms with Crippen molar-refractivity contribution in [1.82, 2.24) is 4.57 Å². The summed E-state index contributed by atoms with van der Waals surface area (Å²) in [6.07, 6.45) is 2.76. The number of thiophene rings is 1. The zero-order chi connectivity index (χ0) is 13.4. The number of hydrogen-bond donors (Lipinski definition) is 0. The predicted octanol–water partition coefficient (Wildman–Crippen LogP) is 4.98. The Hall–Kier alpha value is -1.10. The topological polar surface area (TPSA) is 22.0 Å². The van der Waals surface area contributed by atoms with Gasteiger partial charge in [-0.3, -0.25) is 4.79 Å². The lowest BCUT2D eigenvalue weighted by Gasteiger charge is -2.04. The van der Waals surface area contributed by atoms with Crippen molar-refractivity contribution in [2.75, 3.05) is 0 Å². The molecule has 96 valence electrons. The van der Waals surface area contributed by atoms with Crippen LogP contribution in [0.15, 0.2) is 40.3 Å². The second-order valence-electron chi connectivity index (χ2n) is 4.18. The molecule has 19 heavy (non-hydrogen) atoms. The van der Waals surface area contributed by atoms with Crippen molar-refractivity contribution in [2.24, 2.45) is 0 Å². The van der Waals surface area contributed by atoms with Gasteiger partial charge in [0, 0.05) is 31.5 Å². The van der Waals surface area contributed by atoms with Crippen molar-refractivity contribution in [3.8, 4) is 0 Å². The van der Waals surface area contributed by atoms with Crippen molar-refractivity contribution in [2.45, 2.75) is 6.54 Å². The number of benzene rings is 1. The first-order valence-electron chi connectivity index (χ1n) is 5.64. The van der Waals surface area contributed by atoms with E-state index in [2.05, 4.69) is 20.5 Å². The van der Waals surface area contributed by atoms with Crippen LogP contribution < -0.4 is 0 Å². The van der Waals surface area contributed by atoms with E-state index < -0.39 is 0 Å². The lowest BCUT2D eigenvalue weighted by Crippen LogP contribution is -1.96. The van der Waals surface area contributed by atoms with Crippen LogP contribution in [-0.2, 0) is 6.54 Å². The Morgan fingerprint density at radius 2 is 2.21 bits per heavy atom. The van der Waals surface area contributed by atoms with E-state index in [-0.39, 0.29) is 0 Å². The fourth-order valence-electron chi connectivity index (χ4n) is 2.11. The third-order valence-electron chi connectivity index (χ3n) is 3.01. The minimum Gasteiger partial charge on any atom is -0.341 e. The molecule has 2 nitrogen and oxygen atoms in total. The van der Waals surface area contributed by atoms with Gasteiger partial charge in [0.05, 0.1) is 12.1 Å². The van der Waals surface area contributed by atoms with Gasteiger partial charge in [0.1, 0.15) is 0 Å². The minimum absolute atomic E-state index is 0.676. The number of aromatic nitrogens is 1. The van der Waals surface area contributed by atoms with Crippen molar-refractivity contribution in [3.63, 3.8) is 0 Å². The Morgan fingerprint density at radius 1 is 1.37 bits per heavy atom. The number of carbonyl (C=O) groups is 1. The van der Waals surface area contributed by atoms with Crippen LogP contribution >= 0.6 is 38.9 Å². The summed E-state index contributed by atoms with van der Waals surface area (Å²) < 4.78 is 3.15. The van der Waals surface area contributed by atoms with E-state index in [1.54, 1.807) is 11.3 Å². The van der Waals surface area contributed by atoms with E-state index >= 15 is 0 Å². The lowest BCUT2D eigenvalue weighted by atomic mass is 10.2. The molecule has 2 aromatic heterocycles. The Balaban J connectivity index is 2.15. The zero-order valence-corrected chi connectivity index (χ0v) is 12.9. The largest absolute Gasteiger partial charge is 0.341 e. The summed E-state index contributed by atoms with van der Waals surface area (Å²) >= 11 is 11.3. The van der Waals surface area contributed by atoms with E-state index in [1.807, 2.05) is 35.8 Å². The van der Waals surface area contributed by atoms with Crippen LogP contribution in [0, 0.1) is 0 Å². The van der Waals surface area contributed by atoms with Crippen molar-refractivity contribution < 1.29 is 4.79 Å². The molecule has 0 aliphatic heterocycles. The van der Waals surface area contributed by atoms with E-state index in [1.165, 1.54) is 4.88 Å². The maximum absolute atomic E-state index is 11.1. The Morgan fingerprint density at radius 3 is 2.89 bits per heavy atom. The molecular weight excluding hydrogens is 346 g/mol. The Kier molecular flexibility index (Phi) is 3.48. The number of halogens is 2. The van der Waals surface area contributed by atoms with Gasteiger partial charge in [-0.2, -0.15) is 0 Å². The molecule has 0 unspecified atom stereocenters. The molecule has 0 radical (unpaired) electrons. The van der Waals surface area contributed by atoms with Crippen molar-refractivity contribution in [3.05, 3.63) is 55.8 Å². The highest BCUT2D eigenvalue weighted by Crippen LogP contribution is 2.28. The monoisotopic (exact) mass is 353 g/mol. The highest BCUT2D eigenvalue weighted by atomic mass is 79.9. The first-order valence-corrected chi connectivity index (χ1v) is 7.69. The van der Waals surface area contributed by atoms with Crippen LogP contribution in [-0.4, -0.2) is 10.9 Å². The van der Waals surface area contributed by atoms with E-state index in [0.29, 0.717) is 10.6 Å². The second kappa shape index (κ2) is 5.12. The molecule has 5 heteroatoms. The molecule has 0 atom stereocenters. The highest BCUT2D eigenvalue weighted by Gasteiger charge is 2.10. The van der Waals surface area contributed by atoms with Crippen LogP contribution in [0.25, 0.3) is 10.9 Å². The Labute approximate surface area is 127 Å². The molecule has 0 saturated carbocycles. The molecule has 0 aliphatic rings. The number of fused-ring (bicyclic) bond motifs is 1. The first kappa shape index (κ1) is 12.9. The lowest BCUT2D eigenvalue weighted by molar-refractivity contribution is 0.112. The molecule has 0 spiro atoms. The molecule has 0 saturated heterocycles. The van der Waals surface area contributed by atoms with Gasteiger partial charge in [-0.1, -0.05) is 17.7 Å². The summed E-state index contributed by atoms with van der Waals surface area (Å²) in [5.41, 5.74) is 1.68. The summed E-state index contributed by atoms with van der Waals surface area (Å²) in [7, 11) is 0. The average molecular weight is 355 g/mol. The molecule has 0 amide bonds. The van der Waals surface area contributed by atoms with Crippen LogP contribution in [0.4, 0.5) is 0 Å². The van der Waals surface area contributed by atoms with E-state index in [9.17, 15) is 4.79 Å². The standard InChI is InChI=1S/C14H9BrClNOS/c15-12-3-4-19-14(12)7-17-6-9(8-18)11-2-1-10(16)5-13(11)17/h1-6,8H,7H2. The molecule has 0 N–H and O–H groups in total. The maximum atomic E-state index is 11.1. The normalized spacial score (nSPS) is 11.1. The number of aldehydes is 1. The summed E-state index contributed by atoms with van der Waals surface area (Å²) in [6.45, 7) is 0.725. The van der Waals surface area contributed by atoms with E-state index in [0.717, 1.165) is 28.2 Å². The van der Waals surface area contributed by atoms with Gasteiger partial charge in [0.2, 0.25) is 0 Å². The molecule has 2 heterocycles. The van der Waals surface area contributed by atoms with Gasteiger partial charge in [0.25, 0.3) is 0 Å². The second-order valence-corrected chi connectivity index (χ2v) is 6.47. The van der Waals surface area contributed by atoms with Crippen LogP contribution in [0.1, 0.15) is 15.2 Å². The fraction of sp³-hybridized carbons (Fsp3) is 0.0714. The molecule has 0 fully saturated rings. The molecular formula is C14H9BrClNOS. The predicted molar refractivity (Wildman–Crippen MR) is 83.5 cm³/mol. The van der Waals surface area contributed by atoms with Gasteiger partial charge < -0.3 is 4.57 Å². The SMILES string of the molecule is O=Cc1cn(Cc2sccc2Br)c2cc(Cl)ccc12. The number of hydrogen-bond acceptors (Lipinski definition) is 2. The van der Waals surface area contributed by atoms with Gasteiger partial charge in [-0.25, -0.2) is 0 Å². The number of nitrogens with zero attached hydrogens (tertiary/aromatic N) is 1. The summed E-state index contributed by atoms with van der Waals surface area (Å²) in [6, 6.07) is 7.62. The molecule has 0 bridgehead atoms. The molecule has 3 aromatic rings. The van der Waals surface area contributed by atoms with Gasteiger partial charge >= 0.3 is 0 Å². The van der Waals surface area contributed by atoms with Crippen molar-refractivity contribution >= 4 is 56.1 Å². The first-order chi connectivity index (χ1) is 9.19. The average Bonchev–Trinajstić information content (AvgIpc) is 2.95. The highest BCUT2D eigenvalue weighted by molar-refractivity contribution is 9.10. The fourth-order valence-corrected chi connectivity index (χ4v) is 3.75. The quantitative estimate of drug-likeness (QED) is 0.608. The van der Waals surface area contributed by atoms with Crippen LogP contribution in [0.5, 0.6) is 0 Å².